The van der Waals surface area contributed by atoms with Gasteiger partial charge in [0.1, 0.15) is 0 Å². The van der Waals surface area contributed by atoms with Crippen molar-refractivity contribution >= 4 is 5.97 Å². The summed E-state index contributed by atoms with van der Waals surface area (Å²) in [7, 11) is 1.22. The number of methoxy groups -OCH3 is 1. The number of esters is 1. The maximum Gasteiger partial charge on any atom is 0.339 e. The van der Waals surface area contributed by atoms with Gasteiger partial charge in [-0.05, 0) is 13.0 Å². The number of benzene rings is 1. The minimum absolute atomic E-state index is 0.0669. The van der Waals surface area contributed by atoms with Crippen LogP contribution in [0.25, 0.3) is 0 Å². The summed E-state index contributed by atoms with van der Waals surface area (Å²) < 4.78 is 33.6. The van der Waals surface area contributed by atoms with Crippen LogP contribution in [0.3, 0.4) is 0 Å². The Kier molecular flexibility index (Phi) is 3.75. The van der Waals surface area contributed by atoms with Gasteiger partial charge in [-0.15, -0.1) is 0 Å². The monoisotopic (exact) mass is 272 g/mol. The zero-order valence-corrected chi connectivity index (χ0v) is 10.4. The number of hydrogen-bond acceptors (Lipinski definition) is 6. The first-order valence-electron chi connectivity index (χ1n) is 5.60. The molecule has 1 N–H and O–H groups in total. The molecule has 7 heteroatoms. The Hall–Kier alpha value is -2.02. The minimum Gasteiger partial charge on any atom is -0.493 e. The molecule has 0 fully saturated rings. The Morgan fingerprint density at radius 1 is 1.58 bits per heavy atom. The average molecular weight is 272 g/mol. The second-order valence-electron chi connectivity index (χ2n) is 3.70. The third kappa shape index (κ3) is 2.28. The van der Waals surface area contributed by atoms with Crippen LogP contribution in [0.1, 0.15) is 18.6 Å². The first-order chi connectivity index (χ1) is 9.10. The van der Waals surface area contributed by atoms with Crippen LogP contribution >= 0.6 is 0 Å². The van der Waals surface area contributed by atoms with Crippen molar-refractivity contribution < 1.29 is 33.2 Å². The number of carbonyl (C=O) groups is 1. The van der Waals surface area contributed by atoms with Crippen LogP contribution in [-0.4, -0.2) is 31.6 Å². The highest BCUT2D eigenvalue weighted by Crippen LogP contribution is 2.43. The second kappa shape index (κ2) is 5.31. The number of carbonyl (C=O) groups excluding carboxylic acids is 1. The third-order valence-electron chi connectivity index (χ3n) is 2.60. The van der Waals surface area contributed by atoms with Crippen molar-refractivity contribution in [3.05, 3.63) is 17.4 Å². The van der Waals surface area contributed by atoms with Crippen molar-refractivity contribution in [1.29, 1.82) is 0 Å². The molecule has 1 aromatic rings. The fourth-order valence-electron chi connectivity index (χ4n) is 1.76. The van der Waals surface area contributed by atoms with Crippen LogP contribution in [0.4, 0.5) is 4.39 Å². The summed E-state index contributed by atoms with van der Waals surface area (Å²) in [5.74, 6) is -1.98. The summed E-state index contributed by atoms with van der Waals surface area (Å²) in [6.07, 6.45) is -1.65. The lowest BCUT2D eigenvalue weighted by atomic mass is 10.1. The van der Waals surface area contributed by atoms with Gasteiger partial charge >= 0.3 is 5.97 Å². The highest BCUT2D eigenvalue weighted by Gasteiger charge is 2.31. The largest absolute Gasteiger partial charge is 0.493 e. The van der Waals surface area contributed by atoms with Gasteiger partial charge in [0.25, 0.3) is 0 Å². The predicted octanol–water partition coefficient (Wildman–Crippen LogP) is 1.16. The van der Waals surface area contributed by atoms with Crippen LogP contribution in [-0.2, 0) is 9.53 Å². The van der Waals surface area contributed by atoms with Gasteiger partial charge in [-0.2, -0.15) is 4.39 Å². The van der Waals surface area contributed by atoms with Gasteiger partial charge in [0, 0.05) is 5.56 Å². The number of aliphatic hydroxyl groups excluding tert-OH is 1. The molecule has 19 heavy (non-hydrogen) atoms. The molecule has 1 aliphatic rings. The Morgan fingerprint density at radius 3 is 2.95 bits per heavy atom. The molecule has 1 aliphatic heterocycles. The molecule has 0 amide bonds. The molecule has 104 valence electrons. The van der Waals surface area contributed by atoms with Crippen molar-refractivity contribution in [2.24, 2.45) is 0 Å². The summed E-state index contributed by atoms with van der Waals surface area (Å²) >= 11 is 0. The first-order valence-corrected chi connectivity index (χ1v) is 5.60. The third-order valence-corrected chi connectivity index (χ3v) is 2.60. The van der Waals surface area contributed by atoms with E-state index in [4.69, 9.17) is 14.2 Å². The van der Waals surface area contributed by atoms with Crippen molar-refractivity contribution in [2.75, 3.05) is 20.5 Å². The normalized spacial score (nSPS) is 14.1. The molecule has 1 unspecified atom stereocenters. The van der Waals surface area contributed by atoms with E-state index in [2.05, 4.69) is 4.74 Å². The fourth-order valence-corrected chi connectivity index (χ4v) is 1.76. The Bertz CT molecular complexity index is 501. The Morgan fingerprint density at radius 2 is 2.32 bits per heavy atom. The topological polar surface area (TPSA) is 74.2 Å². The van der Waals surface area contributed by atoms with Gasteiger partial charge in [0.2, 0.25) is 18.4 Å². The molecule has 2 rings (SSSR count). The molecule has 1 aromatic carbocycles. The van der Waals surface area contributed by atoms with E-state index >= 15 is 0 Å². The predicted molar refractivity (Wildman–Crippen MR) is 60.7 cm³/mol. The summed E-state index contributed by atoms with van der Waals surface area (Å²) in [6.45, 7) is 1.57. The van der Waals surface area contributed by atoms with Gasteiger partial charge in [-0.1, -0.05) is 0 Å². The van der Waals surface area contributed by atoms with E-state index in [0.717, 1.165) is 0 Å². The molecule has 0 saturated carbocycles. The van der Waals surface area contributed by atoms with E-state index in [-0.39, 0.29) is 36.2 Å². The number of ether oxygens (including phenoxy) is 4. The van der Waals surface area contributed by atoms with Gasteiger partial charge in [-0.25, -0.2) is 4.79 Å². The zero-order chi connectivity index (χ0) is 14.0. The molecule has 6 nitrogen and oxygen atoms in total. The highest BCUT2D eigenvalue weighted by atomic mass is 19.1. The van der Waals surface area contributed by atoms with Gasteiger partial charge in [0.05, 0.1) is 13.7 Å². The number of aliphatic hydroxyl groups is 1. The van der Waals surface area contributed by atoms with E-state index in [1.165, 1.54) is 13.2 Å². The standard InChI is InChI=1S/C12H13FO6/c1-3-17-12(15)9(14)6-4-7-11(19-5-18-7)8(13)10(6)16-2/h4,9,14H,3,5H2,1-2H3. The smallest absolute Gasteiger partial charge is 0.339 e. The van der Waals surface area contributed by atoms with E-state index in [1.807, 2.05) is 0 Å². The molecule has 0 bridgehead atoms. The minimum atomic E-state index is -1.65. The molecular weight excluding hydrogens is 259 g/mol. The molecular formula is C12H13FO6. The Labute approximate surface area is 108 Å². The van der Waals surface area contributed by atoms with Crippen molar-refractivity contribution in [1.82, 2.24) is 0 Å². The fraction of sp³-hybridized carbons (Fsp3) is 0.417. The molecule has 0 aliphatic carbocycles. The molecule has 1 atom stereocenters. The van der Waals surface area contributed by atoms with Crippen LogP contribution in [0.15, 0.2) is 6.07 Å². The SMILES string of the molecule is CCOC(=O)C(O)c1cc2c(c(F)c1OC)OCO2. The quantitative estimate of drug-likeness (QED) is 0.829. The summed E-state index contributed by atoms with van der Waals surface area (Å²) in [6, 6.07) is 1.30. The van der Waals surface area contributed by atoms with E-state index < -0.39 is 17.9 Å². The van der Waals surface area contributed by atoms with Crippen LogP contribution in [0.5, 0.6) is 17.2 Å². The number of rotatable bonds is 4. The Balaban J connectivity index is 2.45. The number of halogens is 1. The maximum absolute atomic E-state index is 14.1. The van der Waals surface area contributed by atoms with Crippen molar-refractivity contribution in [3.8, 4) is 17.2 Å². The van der Waals surface area contributed by atoms with Gasteiger partial charge in [-0.3, -0.25) is 0 Å². The number of fused-ring (bicyclic) bond motifs is 1. The molecule has 0 aromatic heterocycles. The van der Waals surface area contributed by atoms with E-state index in [9.17, 15) is 14.3 Å². The summed E-state index contributed by atoms with van der Waals surface area (Å²) in [4.78, 5) is 11.5. The molecule has 1 heterocycles. The van der Waals surface area contributed by atoms with E-state index in [1.54, 1.807) is 6.92 Å². The molecule has 0 radical (unpaired) electrons. The second-order valence-corrected chi connectivity index (χ2v) is 3.70. The van der Waals surface area contributed by atoms with E-state index in [0.29, 0.717) is 0 Å². The van der Waals surface area contributed by atoms with Gasteiger partial charge < -0.3 is 24.1 Å². The van der Waals surface area contributed by atoms with Crippen LogP contribution in [0, 0.1) is 5.82 Å². The van der Waals surface area contributed by atoms with Crippen LogP contribution < -0.4 is 14.2 Å². The van der Waals surface area contributed by atoms with Gasteiger partial charge in [0.15, 0.2) is 17.6 Å². The molecule has 0 spiro atoms. The lowest BCUT2D eigenvalue weighted by Gasteiger charge is -2.15. The lowest BCUT2D eigenvalue weighted by molar-refractivity contribution is -0.153. The maximum atomic E-state index is 14.1. The van der Waals surface area contributed by atoms with Crippen molar-refractivity contribution in [2.45, 2.75) is 13.0 Å². The lowest BCUT2D eigenvalue weighted by Crippen LogP contribution is -2.16. The van der Waals surface area contributed by atoms with Crippen LogP contribution in [0.2, 0.25) is 0 Å². The highest BCUT2D eigenvalue weighted by molar-refractivity contribution is 5.78. The summed E-state index contributed by atoms with van der Waals surface area (Å²) in [5, 5.41) is 9.87. The number of hydrogen-bond donors (Lipinski definition) is 1. The van der Waals surface area contributed by atoms with Crippen molar-refractivity contribution in [3.63, 3.8) is 0 Å². The molecule has 0 saturated heterocycles. The first kappa shape index (κ1) is 13.4. The zero-order valence-electron chi connectivity index (χ0n) is 10.4. The summed E-state index contributed by atoms with van der Waals surface area (Å²) in [5.41, 5.74) is -0.0669. The average Bonchev–Trinajstić information content (AvgIpc) is 2.86.